The zero-order chi connectivity index (χ0) is 24.7. The van der Waals surface area contributed by atoms with Crippen LogP contribution in [-0.4, -0.2) is 38.4 Å². The monoisotopic (exact) mass is 464 g/mol. The van der Waals surface area contributed by atoms with E-state index in [2.05, 4.69) is 21.1 Å². The molecule has 0 unspecified atom stereocenters. The molecule has 3 aromatic carbocycles. The molecule has 3 aromatic rings. The fourth-order valence-electron chi connectivity index (χ4n) is 2.68. The molecule has 0 radical (unpaired) electrons. The Bertz CT molecular complexity index is 1320. The Labute approximate surface area is 191 Å². The molecule has 0 saturated heterocycles. The van der Waals surface area contributed by atoms with Crippen molar-refractivity contribution in [3.8, 4) is 11.5 Å². The van der Waals surface area contributed by atoms with Gasteiger partial charge in [0, 0.05) is 28.8 Å². The van der Waals surface area contributed by atoms with E-state index in [-0.39, 0.29) is 5.56 Å². The topological polar surface area (TPSA) is 193 Å². The summed E-state index contributed by atoms with van der Waals surface area (Å²) in [4.78, 5) is 32.6. The minimum absolute atomic E-state index is 0.231. The molecule has 13 heteroatoms. The highest BCUT2D eigenvalue weighted by molar-refractivity contribution is 5.95. The maximum absolute atomic E-state index is 12.3. The number of nitrogens with zero attached hydrogens (tertiary/aromatic N) is 4. The SMILES string of the molecule is O=C(N/N=C/c1ccc(O)c([N+](=O)[O-])c1)c1cccc(N/N=C/c2ccc(O)c([N+](=O)[O-])c2)c1. The van der Waals surface area contributed by atoms with Gasteiger partial charge < -0.3 is 10.2 Å². The summed E-state index contributed by atoms with van der Waals surface area (Å²) in [5.41, 5.74) is 5.37. The van der Waals surface area contributed by atoms with Crippen LogP contribution in [0.2, 0.25) is 0 Å². The maximum Gasteiger partial charge on any atom is 0.311 e. The molecular weight excluding hydrogens is 448 g/mol. The molecule has 0 aliphatic carbocycles. The minimum atomic E-state index is -0.741. The number of hydrogen-bond acceptors (Lipinski definition) is 10. The largest absolute Gasteiger partial charge is 0.502 e. The van der Waals surface area contributed by atoms with Crippen LogP contribution in [0.1, 0.15) is 21.5 Å². The van der Waals surface area contributed by atoms with Gasteiger partial charge in [-0.05, 0) is 42.5 Å². The summed E-state index contributed by atoms with van der Waals surface area (Å²) >= 11 is 0. The Kier molecular flexibility index (Phi) is 7.08. The Morgan fingerprint density at radius 3 is 1.94 bits per heavy atom. The molecule has 0 aliphatic rings. The summed E-state index contributed by atoms with van der Waals surface area (Å²) < 4.78 is 0. The highest BCUT2D eigenvalue weighted by Gasteiger charge is 2.14. The van der Waals surface area contributed by atoms with E-state index in [0.717, 1.165) is 18.2 Å². The molecule has 0 aliphatic heterocycles. The number of anilines is 1. The number of nitro benzene ring substituents is 2. The van der Waals surface area contributed by atoms with Gasteiger partial charge in [0.2, 0.25) is 0 Å². The lowest BCUT2D eigenvalue weighted by molar-refractivity contribution is -0.386. The predicted molar refractivity (Wildman–Crippen MR) is 122 cm³/mol. The molecule has 13 nitrogen and oxygen atoms in total. The number of nitro groups is 2. The lowest BCUT2D eigenvalue weighted by Crippen LogP contribution is -2.17. The molecule has 0 saturated carbocycles. The number of benzene rings is 3. The summed E-state index contributed by atoms with van der Waals surface area (Å²) in [6.07, 6.45) is 2.49. The first kappa shape index (κ1) is 23.3. The first-order valence-corrected chi connectivity index (χ1v) is 9.42. The summed E-state index contributed by atoms with van der Waals surface area (Å²) in [6, 6.07) is 13.6. The molecule has 4 N–H and O–H groups in total. The van der Waals surface area contributed by atoms with Crippen molar-refractivity contribution < 1.29 is 24.9 Å². The number of carbonyl (C=O) groups excluding carboxylic acids is 1. The third-order valence-electron chi connectivity index (χ3n) is 4.30. The van der Waals surface area contributed by atoms with E-state index in [0.29, 0.717) is 16.8 Å². The van der Waals surface area contributed by atoms with Crippen LogP contribution in [0.15, 0.2) is 70.9 Å². The van der Waals surface area contributed by atoms with E-state index in [1.165, 1.54) is 42.8 Å². The number of nitrogens with one attached hydrogen (secondary N) is 2. The molecular formula is C21H16N6O7. The number of rotatable bonds is 8. The Morgan fingerprint density at radius 2 is 1.38 bits per heavy atom. The van der Waals surface area contributed by atoms with Crippen LogP contribution < -0.4 is 10.9 Å². The first-order chi connectivity index (χ1) is 16.2. The average molecular weight is 464 g/mol. The zero-order valence-electron chi connectivity index (χ0n) is 17.2. The number of amides is 1. The molecule has 34 heavy (non-hydrogen) atoms. The van der Waals surface area contributed by atoms with E-state index in [1.54, 1.807) is 12.1 Å². The van der Waals surface area contributed by atoms with Gasteiger partial charge in [-0.2, -0.15) is 10.2 Å². The molecule has 1 amide bonds. The molecule has 0 fully saturated rings. The lowest BCUT2D eigenvalue weighted by atomic mass is 10.2. The molecule has 3 rings (SSSR count). The fourth-order valence-corrected chi connectivity index (χ4v) is 2.68. The quantitative estimate of drug-likeness (QED) is 0.222. The summed E-state index contributed by atoms with van der Waals surface area (Å²) in [7, 11) is 0. The predicted octanol–water partition coefficient (Wildman–Crippen LogP) is 3.12. The first-order valence-electron chi connectivity index (χ1n) is 9.42. The second-order valence-corrected chi connectivity index (χ2v) is 6.66. The van der Waals surface area contributed by atoms with E-state index in [1.807, 2.05) is 0 Å². The number of phenolic OH excluding ortho intramolecular Hbond substituents is 2. The van der Waals surface area contributed by atoms with Gasteiger partial charge in [0.25, 0.3) is 5.91 Å². The van der Waals surface area contributed by atoms with E-state index in [4.69, 9.17) is 0 Å². The smallest absolute Gasteiger partial charge is 0.311 e. The van der Waals surface area contributed by atoms with Crippen molar-refractivity contribution in [3.63, 3.8) is 0 Å². The van der Waals surface area contributed by atoms with Gasteiger partial charge in [-0.3, -0.25) is 30.4 Å². The van der Waals surface area contributed by atoms with Crippen LogP contribution >= 0.6 is 0 Å². The van der Waals surface area contributed by atoms with Crippen molar-refractivity contribution in [2.24, 2.45) is 10.2 Å². The van der Waals surface area contributed by atoms with Gasteiger partial charge in [-0.1, -0.05) is 6.07 Å². The van der Waals surface area contributed by atoms with Gasteiger partial charge in [0.1, 0.15) is 0 Å². The highest BCUT2D eigenvalue weighted by Crippen LogP contribution is 2.26. The second-order valence-electron chi connectivity index (χ2n) is 6.66. The van der Waals surface area contributed by atoms with E-state index < -0.39 is 38.6 Å². The van der Waals surface area contributed by atoms with Crippen molar-refractivity contribution in [1.29, 1.82) is 0 Å². The third kappa shape index (κ3) is 5.88. The van der Waals surface area contributed by atoms with Crippen LogP contribution in [-0.2, 0) is 0 Å². The molecule has 172 valence electrons. The van der Waals surface area contributed by atoms with E-state index >= 15 is 0 Å². The fraction of sp³-hybridized carbons (Fsp3) is 0. The number of hydrogen-bond donors (Lipinski definition) is 4. The van der Waals surface area contributed by atoms with Crippen molar-refractivity contribution in [1.82, 2.24) is 5.43 Å². The number of hydrazone groups is 2. The van der Waals surface area contributed by atoms with Crippen LogP contribution in [0.3, 0.4) is 0 Å². The molecule has 0 spiro atoms. The normalized spacial score (nSPS) is 10.9. The van der Waals surface area contributed by atoms with Crippen LogP contribution in [0, 0.1) is 20.2 Å². The second kappa shape index (κ2) is 10.3. The Hall–Kier alpha value is -5.33. The van der Waals surface area contributed by atoms with Crippen molar-refractivity contribution in [3.05, 3.63) is 97.6 Å². The lowest BCUT2D eigenvalue weighted by Gasteiger charge is -2.04. The molecule has 0 aromatic heterocycles. The molecule has 0 heterocycles. The van der Waals surface area contributed by atoms with Gasteiger partial charge >= 0.3 is 11.4 Å². The van der Waals surface area contributed by atoms with Crippen LogP contribution in [0.25, 0.3) is 0 Å². The number of phenols is 2. The average Bonchev–Trinajstić information content (AvgIpc) is 2.81. The van der Waals surface area contributed by atoms with Crippen LogP contribution in [0.5, 0.6) is 11.5 Å². The summed E-state index contributed by atoms with van der Waals surface area (Å²) in [6.45, 7) is 0. The Balaban J connectivity index is 1.63. The van der Waals surface area contributed by atoms with Gasteiger partial charge in [-0.15, -0.1) is 0 Å². The highest BCUT2D eigenvalue weighted by atomic mass is 16.6. The minimum Gasteiger partial charge on any atom is -0.502 e. The van der Waals surface area contributed by atoms with Crippen molar-refractivity contribution in [2.75, 3.05) is 5.43 Å². The summed E-state index contributed by atoms with van der Waals surface area (Å²) in [5.74, 6) is -1.51. The van der Waals surface area contributed by atoms with Gasteiger partial charge in [-0.25, -0.2) is 5.43 Å². The number of carbonyl (C=O) groups is 1. The van der Waals surface area contributed by atoms with Gasteiger partial charge in [0.15, 0.2) is 11.5 Å². The number of aromatic hydroxyl groups is 2. The van der Waals surface area contributed by atoms with E-state index in [9.17, 15) is 35.2 Å². The third-order valence-corrected chi connectivity index (χ3v) is 4.30. The maximum atomic E-state index is 12.3. The van der Waals surface area contributed by atoms with Gasteiger partial charge in [0.05, 0.1) is 28.0 Å². The van der Waals surface area contributed by atoms with Crippen molar-refractivity contribution in [2.45, 2.75) is 0 Å². The van der Waals surface area contributed by atoms with Crippen molar-refractivity contribution >= 4 is 35.4 Å². The molecule has 0 atom stereocenters. The summed E-state index contributed by atoms with van der Waals surface area (Å²) in [5, 5.41) is 48.4. The zero-order valence-corrected chi connectivity index (χ0v) is 17.2. The molecule has 0 bridgehead atoms. The van der Waals surface area contributed by atoms with Crippen LogP contribution in [0.4, 0.5) is 17.1 Å². The Morgan fingerprint density at radius 1 is 0.824 bits per heavy atom. The standard InChI is InChI=1S/C21H16N6O7/c28-19-6-4-13(8-17(19)26(31)32)11-22-24-16-3-1-2-15(10-16)21(30)25-23-12-14-5-7-20(29)18(9-14)27(33)34/h1-12,24,28-29H,(H,25,30)/b22-11+,23-12+.